The quantitative estimate of drug-likeness (QED) is 0.717. The molecule has 2 aromatic carbocycles. The lowest BCUT2D eigenvalue weighted by molar-refractivity contribution is -0.116. The molecule has 2 atom stereocenters. The summed E-state index contributed by atoms with van der Waals surface area (Å²) >= 11 is 0. The molecule has 0 saturated heterocycles. The van der Waals surface area contributed by atoms with Gasteiger partial charge in [-0.3, -0.25) is 4.79 Å². The zero-order chi connectivity index (χ0) is 20.7. The highest BCUT2D eigenvalue weighted by Gasteiger charge is 2.39. The summed E-state index contributed by atoms with van der Waals surface area (Å²) in [6.07, 6.45) is 2.63. The summed E-state index contributed by atoms with van der Waals surface area (Å²) < 4.78 is 12.7. The van der Waals surface area contributed by atoms with Crippen molar-refractivity contribution in [3.63, 3.8) is 0 Å². The van der Waals surface area contributed by atoms with Crippen LogP contribution in [0, 0.1) is 0 Å². The van der Waals surface area contributed by atoms with Crippen LogP contribution in [0.5, 0.6) is 11.5 Å². The lowest BCUT2D eigenvalue weighted by atomic mass is 9.77. The third-order valence-corrected chi connectivity index (χ3v) is 5.86. The number of Topliss-reactive ketones (excluding diaryl/α,β-unsaturated/α-hetero) is 1. The van der Waals surface area contributed by atoms with Gasteiger partial charge >= 0.3 is 0 Å². The molecule has 30 heavy (non-hydrogen) atoms. The molecule has 2 heterocycles. The number of anilines is 1. The van der Waals surface area contributed by atoms with Crippen LogP contribution in [0.15, 0.2) is 66.1 Å². The molecule has 0 radical (unpaired) electrons. The van der Waals surface area contributed by atoms with Crippen molar-refractivity contribution < 1.29 is 14.3 Å². The van der Waals surface area contributed by atoms with E-state index in [1.165, 1.54) is 6.33 Å². The predicted molar refractivity (Wildman–Crippen MR) is 112 cm³/mol. The molecule has 0 fully saturated rings. The topological polar surface area (TPSA) is 78.3 Å². The minimum absolute atomic E-state index is 0.00972. The van der Waals surface area contributed by atoms with Crippen molar-refractivity contribution in [3.8, 4) is 11.5 Å². The molecular weight excluding hydrogens is 380 g/mol. The Kier molecular flexibility index (Phi) is 4.50. The molecule has 7 heteroatoms. The number of carbonyl (C=O) groups is 1. The molecule has 1 aromatic heterocycles. The van der Waals surface area contributed by atoms with E-state index in [0.29, 0.717) is 18.8 Å². The molecule has 1 N–H and O–H groups in total. The first-order chi connectivity index (χ1) is 14.7. The van der Waals surface area contributed by atoms with Gasteiger partial charge in [0.2, 0.25) is 5.95 Å². The fourth-order valence-electron chi connectivity index (χ4n) is 4.47. The van der Waals surface area contributed by atoms with Crippen LogP contribution in [-0.4, -0.2) is 34.8 Å². The molecule has 5 rings (SSSR count). The van der Waals surface area contributed by atoms with E-state index in [2.05, 4.69) is 15.4 Å². The van der Waals surface area contributed by atoms with Gasteiger partial charge in [0.25, 0.3) is 0 Å². The van der Waals surface area contributed by atoms with Crippen LogP contribution in [0.25, 0.3) is 0 Å². The molecule has 2 unspecified atom stereocenters. The van der Waals surface area contributed by atoms with Gasteiger partial charge in [0.1, 0.15) is 23.9 Å². The number of fused-ring (bicyclic) bond motifs is 1. The van der Waals surface area contributed by atoms with Gasteiger partial charge in [-0.1, -0.05) is 36.4 Å². The zero-order valence-corrected chi connectivity index (χ0v) is 16.8. The number of allylic oxidation sites excluding steroid dienone is 2. The van der Waals surface area contributed by atoms with Gasteiger partial charge in [-0.05, 0) is 23.6 Å². The Morgan fingerprint density at radius 2 is 1.90 bits per heavy atom. The Bertz CT molecular complexity index is 1140. The molecule has 7 nitrogen and oxygen atoms in total. The molecule has 0 amide bonds. The molecule has 3 aromatic rings. The van der Waals surface area contributed by atoms with Crippen molar-refractivity contribution in [2.24, 2.45) is 0 Å². The van der Waals surface area contributed by atoms with Gasteiger partial charge in [0.05, 0.1) is 14.2 Å². The molecule has 2 aliphatic rings. The number of rotatable bonds is 4. The van der Waals surface area contributed by atoms with Crippen molar-refractivity contribution in [2.45, 2.75) is 24.8 Å². The predicted octanol–water partition coefficient (Wildman–Crippen LogP) is 3.71. The zero-order valence-electron chi connectivity index (χ0n) is 16.8. The van der Waals surface area contributed by atoms with E-state index in [0.717, 1.165) is 33.9 Å². The van der Waals surface area contributed by atoms with E-state index in [4.69, 9.17) is 9.47 Å². The molecular formula is C23H22N4O3. The first-order valence-electron chi connectivity index (χ1n) is 9.89. The minimum atomic E-state index is -0.272. The normalized spacial score (nSPS) is 20.3. The summed E-state index contributed by atoms with van der Waals surface area (Å²) in [6.45, 7) is 0. The van der Waals surface area contributed by atoms with Crippen LogP contribution < -0.4 is 14.8 Å². The van der Waals surface area contributed by atoms with Gasteiger partial charge in [-0.25, -0.2) is 4.68 Å². The Labute approximate surface area is 174 Å². The van der Waals surface area contributed by atoms with Crippen LogP contribution in [0.3, 0.4) is 0 Å². The van der Waals surface area contributed by atoms with E-state index >= 15 is 0 Å². The van der Waals surface area contributed by atoms with E-state index in [-0.39, 0.29) is 17.7 Å². The second-order valence-electron chi connectivity index (χ2n) is 7.49. The average molecular weight is 402 g/mol. The number of ketones is 1. The summed E-state index contributed by atoms with van der Waals surface area (Å²) in [5, 5.41) is 7.74. The Morgan fingerprint density at radius 3 is 2.67 bits per heavy atom. The number of hydrogen-bond donors (Lipinski definition) is 1. The molecule has 0 saturated carbocycles. The molecule has 0 spiro atoms. The number of methoxy groups -OCH3 is 2. The Balaban J connectivity index is 1.57. The summed E-state index contributed by atoms with van der Waals surface area (Å²) in [5.41, 5.74) is 3.70. The first-order valence-corrected chi connectivity index (χ1v) is 9.89. The van der Waals surface area contributed by atoms with Crippen molar-refractivity contribution in [3.05, 3.63) is 77.3 Å². The first kappa shape index (κ1) is 18.4. The van der Waals surface area contributed by atoms with Gasteiger partial charge in [0, 0.05) is 29.7 Å². The van der Waals surface area contributed by atoms with Gasteiger partial charge in [-0.15, -0.1) is 0 Å². The SMILES string of the molecule is COc1ccc(C2CC(=O)C3=C(C2)Nc2ncnn2C3c2ccccc2)c(OC)c1. The number of nitrogens with zero attached hydrogens (tertiary/aromatic N) is 3. The molecule has 152 valence electrons. The smallest absolute Gasteiger partial charge is 0.226 e. The number of benzene rings is 2. The fourth-order valence-corrected chi connectivity index (χ4v) is 4.47. The number of aromatic nitrogens is 3. The average Bonchev–Trinajstić information content (AvgIpc) is 3.25. The summed E-state index contributed by atoms with van der Waals surface area (Å²) in [4.78, 5) is 17.8. The second kappa shape index (κ2) is 7.33. The standard InChI is InChI=1S/C23H22N4O3/c1-29-16-8-9-17(20(12-16)30-2)15-10-18-21(19(28)11-15)22(14-6-4-3-5-7-14)27-23(26-18)24-13-25-27/h3-9,12-13,15,22H,10-11H2,1-2H3,(H,24,25,26). The maximum atomic E-state index is 13.4. The highest BCUT2D eigenvalue weighted by Crippen LogP contribution is 2.45. The summed E-state index contributed by atoms with van der Waals surface area (Å²) in [5.74, 6) is 2.23. The fraction of sp³-hybridized carbons (Fsp3) is 0.261. The van der Waals surface area contributed by atoms with Crippen molar-refractivity contribution in [1.82, 2.24) is 14.8 Å². The monoisotopic (exact) mass is 402 g/mol. The molecule has 0 bridgehead atoms. The summed E-state index contributed by atoms with van der Waals surface area (Å²) in [7, 11) is 3.27. The largest absolute Gasteiger partial charge is 0.497 e. The summed E-state index contributed by atoms with van der Waals surface area (Å²) in [6, 6.07) is 15.5. The number of ether oxygens (including phenoxy) is 2. The van der Waals surface area contributed by atoms with E-state index in [9.17, 15) is 4.79 Å². The third-order valence-electron chi connectivity index (χ3n) is 5.86. The second-order valence-corrected chi connectivity index (χ2v) is 7.49. The maximum Gasteiger partial charge on any atom is 0.226 e. The highest BCUT2D eigenvalue weighted by molar-refractivity contribution is 6.00. The third kappa shape index (κ3) is 2.94. The van der Waals surface area contributed by atoms with Gasteiger partial charge < -0.3 is 14.8 Å². The minimum Gasteiger partial charge on any atom is -0.497 e. The van der Waals surface area contributed by atoms with Crippen LogP contribution in [0.4, 0.5) is 5.95 Å². The van der Waals surface area contributed by atoms with Gasteiger partial charge in [-0.2, -0.15) is 10.1 Å². The van der Waals surface area contributed by atoms with Crippen molar-refractivity contribution in [1.29, 1.82) is 0 Å². The van der Waals surface area contributed by atoms with E-state index in [1.54, 1.807) is 18.9 Å². The van der Waals surface area contributed by atoms with Crippen LogP contribution in [-0.2, 0) is 4.79 Å². The number of carbonyl (C=O) groups excluding carboxylic acids is 1. The number of hydrogen-bond acceptors (Lipinski definition) is 6. The Morgan fingerprint density at radius 1 is 1.07 bits per heavy atom. The lowest BCUT2D eigenvalue weighted by Gasteiger charge is -2.35. The lowest BCUT2D eigenvalue weighted by Crippen LogP contribution is -2.33. The van der Waals surface area contributed by atoms with E-state index < -0.39 is 0 Å². The van der Waals surface area contributed by atoms with E-state index in [1.807, 2.05) is 48.5 Å². The van der Waals surface area contributed by atoms with Crippen LogP contribution in [0.1, 0.15) is 35.9 Å². The van der Waals surface area contributed by atoms with Crippen molar-refractivity contribution in [2.75, 3.05) is 19.5 Å². The number of nitrogens with one attached hydrogen (secondary N) is 1. The van der Waals surface area contributed by atoms with Crippen LogP contribution >= 0.6 is 0 Å². The highest BCUT2D eigenvalue weighted by atomic mass is 16.5. The molecule has 1 aliphatic heterocycles. The van der Waals surface area contributed by atoms with Crippen LogP contribution in [0.2, 0.25) is 0 Å². The van der Waals surface area contributed by atoms with Crippen molar-refractivity contribution >= 4 is 11.7 Å². The van der Waals surface area contributed by atoms with Gasteiger partial charge in [0.15, 0.2) is 5.78 Å². The maximum absolute atomic E-state index is 13.4. The molecule has 1 aliphatic carbocycles. The Hall–Kier alpha value is -3.61.